The van der Waals surface area contributed by atoms with Crippen molar-refractivity contribution in [3.8, 4) is 0 Å². The number of nitrogens with two attached hydrogens (primary N) is 1. The van der Waals surface area contributed by atoms with Crippen LogP contribution < -0.4 is 5.73 Å². The molecule has 0 amide bonds. The predicted molar refractivity (Wildman–Crippen MR) is 99.1 cm³/mol. The maximum absolute atomic E-state index is 6.03. The Hall–Kier alpha value is -1.75. The normalized spacial score (nSPS) is 19.6. The van der Waals surface area contributed by atoms with E-state index in [1.54, 1.807) is 0 Å². The number of piperazine rings is 1. The number of rotatable bonds is 5. The Morgan fingerprint density at radius 3 is 2.04 bits per heavy atom. The van der Waals surface area contributed by atoms with Gasteiger partial charge >= 0.3 is 0 Å². The highest BCUT2D eigenvalue weighted by molar-refractivity contribution is 7.80. The van der Waals surface area contributed by atoms with E-state index in [2.05, 4.69) is 64.4 Å². The highest BCUT2D eigenvalue weighted by atomic mass is 32.1. The zero-order valence-electron chi connectivity index (χ0n) is 13.3. The summed E-state index contributed by atoms with van der Waals surface area (Å²) in [7, 11) is 0. The minimum absolute atomic E-state index is 0.141. The van der Waals surface area contributed by atoms with Crippen LogP contribution in [0, 0.1) is 0 Å². The number of nitrogens with zero attached hydrogens (tertiary/aromatic N) is 2. The van der Waals surface area contributed by atoms with Crippen molar-refractivity contribution in [1.82, 2.24) is 9.80 Å². The van der Waals surface area contributed by atoms with Crippen LogP contribution in [0.25, 0.3) is 0 Å². The molecule has 2 aromatic rings. The topological polar surface area (TPSA) is 32.5 Å². The molecule has 0 radical (unpaired) electrons. The van der Waals surface area contributed by atoms with Crippen LogP contribution in [0.4, 0.5) is 0 Å². The van der Waals surface area contributed by atoms with Gasteiger partial charge in [0, 0.05) is 32.7 Å². The molecule has 1 fully saturated rings. The lowest BCUT2D eigenvalue weighted by atomic mass is 10.1. The second kappa shape index (κ2) is 7.68. The third-order valence-corrected chi connectivity index (χ3v) is 4.65. The zero-order chi connectivity index (χ0) is 16.1. The number of hydrogen-bond donors (Lipinski definition) is 1. The van der Waals surface area contributed by atoms with Gasteiger partial charge in [-0.2, -0.15) is 0 Å². The Labute approximate surface area is 143 Å². The van der Waals surface area contributed by atoms with Crippen LogP contribution >= 0.6 is 12.2 Å². The first-order valence-electron chi connectivity index (χ1n) is 8.06. The van der Waals surface area contributed by atoms with Gasteiger partial charge in [-0.3, -0.25) is 9.80 Å². The molecule has 4 heteroatoms. The Bertz CT molecular complexity index is 630. The van der Waals surface area contributed by atoms with Gasteiger partial charge in [0.15, 0.2) is 0 Å². The molecule has 1 aliphatic heterocycles. The summed E-state index contributed by atoms with van der Waals surface area (Å²) in [6.07, 6.45) is 0. The van der Waals surface area contributed by atoms with Crippen molar-refractivity contribution in [2.75, 3.05) is 19.6 Å². The van der Waals surface area contributed by atoms with Crippen molar-refractivity contribution in [1.29, 1.82) is 0 Å². The molecule has 1 atom stereocenters. The molecule has 2 aromatic carbocycles. The first-order chi connectivity index (χ1) is 11.2. The van der Waals surface area contributed by atoms with Gasteiger partial charge in [0.2, 0.25) is 0 Å². The van der Waals surface area contributed by atoms with E-state index in [9.17, 15) is 0 Å². The molecule has 0 bridgehead atoms. The molecule has 1 heterocycles. The van der Waals surface area contributed by atoms with Crippen molar-refractivity contribution < 1.29 is 0 Å². The average Bonchev–Trinajstić information content (AvgIpc) is 2.58. The molecule has 3 nitrogen and oxygen atoms in total. The Morgan fingerprint density at radius 2 is 1.48 bits per heavy atom. The molecule has 1 aliphatic rings. The summed E-state index contributed by atoms with van der Waals surface area (Å²) in [4.78, 5) is 5.44. The Balaban J connectivity index is 1.65. The maximum atomic E-state index is 6.03. The van der Waals surface area contributed by atoms with Crippen LogP contribution in [0.15, 0.2) is 60.7 Å². The summed E-state index contributed by atoms with van der Waals surface area (Å²) in [6, 6.07) is 21.2. The van der Waals surface area contributed by atoms with E-state index in [-0.39, 0.29) is 6.04 Å². The summed E-state index contributed by atoms with van der Waals surface area (Å²) >= 11 is 5.34. The number of hydrogen-bond acceptors (Lipinski definition) is 3. The first kappa shape index (κ1) is 16.1. The highest BCUT2D eigenvalue weighted by Gasteiger charge is 2.28. The third kappa shape index (κ3) is 4.38. The molecule has 3 rings (SSSR count). The van der Waals surface area contributed by atoms with Crippen molar-refractivity contribution in [3.63, 3.8) is 0 Å². The lowest BCUT2D eigenvalue weighted by molar-refractivity contribution is 0.0960. The van der Waals surface area contributed by atoms with Crippen LogP contribution in [0.3, 0.4) is 0 Å². The van der Waals surface area contributed by atoms with Gasteiger partial charge in [-0.1, -0.05) is 72.9 Å². The molecule has 120 valence electrons. The van der Waals surface area contributed by atoms with Gasteiger partial charge in [0.25, 0.3) is 0 Å². The van der Waals surface area contributed by atoms with Crippen LogP contribution in [0.2, 0.25) is 0 Å². The average molecular weight is 325 g/mol. The minimum atomic E-state index is 0.141. The lowest BCUT2D eigenvalue weighted by Crippen LogP contribution is -2.56. The predicted octanol–water partition coefficient (Wildman–Crippen LogP) is 2.66. The molecule has 0 saturated carbocycles. The van der Waals surface area contributed by atoms with E-state index in [1.807, 2.05) is 6.07 Å². The van der Waals surface area contributed by atoms with E-state index in [0.29, 0.717) is 4.99 Å². The third-order valence-electron chi connectivity index (χ3n) is 4.38. The van der Waals surface area contributed by atoms with E-state index in [4.69, 9.17) is 18.0 Å². The van der Waals surface area contributed by atoms with Gasteiger partial charge in [-0.05, 0) is 11.1 Å². The van der Waals surface area contributed by atoms with Crippen molar-refractivity contribution in [2.24, 2.45) is 5.73 Å². The molecule has 0 aromatic heterocycles. The molecule has 1 unspecified atom stereocenters. The quantitative estimate of drug-likeness (QED) is 0.857. The standard InChI is InChI=1S/C19H23N3S/c20-19(23)18-15-21(13-16-7-3-1-4-8-16)11-12-22(18)14-17-9-5-2-6-10-17/h1-10,18H,11-15H2,(H2,20,23). The van der Waals surface area contributed by atoms with E-state index in [0.717, 1.165) is 32.7 Å². The molecule has 0 spiro atoms. The van der Waals surface area contributed by atoms with Crippen molar-refractivity contribution in [3.05, 3.63) is 71.8 Å². The minimum Gasteiger partial charge on any atom is -0.392 e. The lowest BCUT2D eigenvalue weighted by Gasteiger charge is -2.41. The van der Waals surface area contributed by atoms with Gasteiger partial charge in [0.1, 0.15) is 0 Å². The first-order valence-corrected chi connectivity index (χ1v) is 8.47. The second-order valence-corrected chi connectivity index (χ2v) is 6.57. The number of benzene rings is 2. The monoisotopic (exact) mass is 325 g/mol. The fourth-order valence-corrected chi connectivity index (χ4v) is 3.36. The summed E-state index contributed by atoms with van der Waals surface area (Å²) in [5.74, 6) is 0. The summed E-state index contributed by atoms with van der Waals surface area (Å²) in [5.41, 5.74) is 8.68. The van der Waals surface area contributed by atoms with Crippen LogP contribution in [-0.4, -0.2) is 40.5 Å². The largest absolute Gasteiger partial charge is 0.392 e. The molecule has 0 aliphatic carbocycles. The number of thiocarbonyl (C=S) groups is 1. The zero-order valence-corrected chi connectivity index (χ0v) is 14.1. The van der Waals surface area contributed by atoms with E-state index >= 15 is 0 Å². The molecule has 2 N–H and O–H groups in total. The fraction of sp³-hybridized carbons (Fsp3) is 0.316. The van der Waals surface area contributed by atoms with Crippen molar-refractivity contribution >= 4 is 17.2 Å². The summed E-state index contributed by atoms with van der Waals surface area (Å²) in [6.45, 7) is 4.79. The highest BCUT2D eigenvalue weighted by Crippen LogP contribution is 2.16. The van der Waals surface area contributed by atoms with Gasteiger partial charge in [-0.15, -0.1) is 0 Å². The smallest absolute Gasteiger partial charge is 0.0915 e. The van der Waals surface area contributed by atoms with Crippen LogP contribution in [0.1, 0.15) is 11.1 Å². The molecule has 1 saturated heterocycles. The Kier molecular flexibility index (Phi) is 5.39. The SMILES string of the molecule is NC(=S)C1CN(Cc2ccccc2)CCN1Cc1ccccc1. The maximum Gasteiger partial charge on any atom is 0.0915 e. The van der Waals surface area contributed by atoms with Crippen LogP contribution in [0.5, 0.6) is 0 Å². The molecular weight excluding hydrogens is 302 g/mol. The van der Waals surface area contributed by atoms with Gasteiger partial charge < -0.3 is 5.73 Å². The van der Waals surface area contributed by atoms with E-state index < -0.39 is 0 Å². The Morgan fingerprint density at radius 1 is 0.913 bits per heavy atom. The molecule has 23 heavy (non-hydrogen) atoms. The summed E-state index contributed by atoms with van der Waals surface area (Å²) < 4.78 is 0. The fourth-order valence-electron chi connectivity index (χ4n) is 3.14. The molecular formula is C19H23N3S. The van der Waals surface area contributed by atoms with Gasteiger partial charge in [0.05, 0.1) is 11.0 Å². The van der Waals surface area contributed by atoms with E-state index in [1.165, 1.54) is 11.1 Å². The van der Waals surface area contributed by atoms with Gasteiger partial charge in [-0.25, -0.2) is 0 Å². The second-order valence-electron chi connectivity index (χ2n) is 6.09. The van der Waals surface area contributed by atoms with Crippen molar-refractivity contribution in [2.45, 2.75) is 19.1 Å². The summed E-state index contributed by atoms with van der Waals surface area (Å²) in [5, 5.41) is 0. The van der Waals surface area contributed by atoms with Crippen LogP contribution in [-0.2, 0) is 13.1 Å².